The first kappa shape index (κ1) is 16.6. The van der Waals surface area contributed by atoms with Gasteiger partial charge in [0, 0.05) is 36.0 Å². The summed E-state index contributed by atoms with van der Waals surface area (Å²) in [4.78, 5) is 0. The highest BCUT2D eigenvalue weighted by atomic mass is 19.1. The number of aromatic nitrogens is 2. The van der Waals surface area contributed by atoms with Gasteiger partial charge in [0.05, 0.1) is 12.3 Å². The van der Waals surface area contributed by atoms with Crippen LogP contribution in [0.5, 0.6) is 0 Å². The van der Waals surface area contributed by atoms with Crippen LogP contribution in [0.25, 0.3) is 0 Å². The van der Waals surface area contributed by atoms with Crippen LogP contribution >= 0.6 is 0 Å². The summed E-state index contributed by atoms with van der Waals surface area (Å²) < 4.78 is 15.4. The third-order valence-electron chi connectivity index (χ3n) is 4.06. The number of nitrogens with zero attached hydrogens (tertiary/aromatic N) is 2. The van der Waals surface area contributed by atoms with Gasteiger partial charge in [-0.05, 0) is 45.4 Å². The molecule has 120 valence electrons. The second-order valence-corrected chi connectivity index (χ2v) is 5.59. The molecule has 22 heavy (non-hydrogen) atoms. The quantitative estimate of drug-likeness (QED) is 0.862. The minimum Gasteiger partial charge on any atom is -0.392 e. The number of hydrogen-bond donors (Lipinski definition) is 2. The van der Waals surface area contributed by atoms with Crippen LogP contribution in [0.4, 0.5) is 4.39 Å². The molecule has 5 heteroatoms. The van der Waals surface area contributed by atoms with Crippen molar-refractivity contribution in [3.63, 3.8) is 0 Å². The summed E-state index contributed by atoms with van der Waals surface area (Å²) in [5.41, 5.74) is 4.71. The summed E-state index contributed by atoms with van der Waals surface area (Å²) in [7, 11) is 0. The van der Waals surface area contributed by atoms with E-state index >= 15 is 0 Å². The maximum Gasteiger partial charge on any atom is 0.128 e. The van der Waals surface area contributed by atoms with Gasteiger partial charge >= 0.3 is 0 Å². The fraction of sp³-hybridized carbons (Fsp3) is 0.471. The third kappa shape index (κ3) is 3.36. The highest BCUT2D eigenvalue weighted by Crippen LogP contribution is 2.22. The van der Waals surface area contributed by atoms with Crippen LogP contribution in [-0.2, 0) is 19.7 Å². The fourth-order valence-electron chi connectivity index (χ4n) is 2.88. The van der Waals surface area contributed by atoms with Gasteiger partial charge in [-0.1, -0.05) is 6.07 Å². The first-order valence-corrected chi connectivity index (χ1v) is 7.63. The molecule has 0 aliphatic carbocycles. The van der Waals surface area contributed by atoms with Crippen molar-refractivity contribution in [3.05, 3.63) is 52.1 Å². The number of benzene rings is 1. The van der Waals surface area contributed by atoms with Crippen molar-refractivity contribution >= 4 is 0 Å². The zero-order valence-electron chi connectivity index (χ0n) is 13.7. The van der Waals surface area contributed by atoms with Crippen molar-refractivity contribution in [1.29, 1.82) is 0 Å². The Hall–Kier alpha value is -1.72. The summed E-state index contributed by atoms with van der Waals surface area (Å²) >= 11 is 0. The van der Waals surface area contributed by atoms with Crippen molar-refractivity contribution in [2.75, 3.05) is 0 Å². The molecule has 1 heterocycles. The van der Waals surface area contributed by atoms with E-state index in [1.165, 1.54) is 17.3 Å². The van der Waals surface area contributed by atoms with Crippen molar-refractivity contribution in [3.8, 4) is 0 Å². The second-order valence-electron chi connectivity index (χ2n) is 5.59. The van der Waals surface area contributed by atoms with Gasteiger partial charge in [0.15, 0.2) is 0 Å². The first-order chi connectivity index (χ1) is 10.5. The van der Waals surface area contributed by atoms with Crippen molar-refractivity contribution < 1.29 is 9.50 Å². The standard InChI is InChI=1S/C17H24FN3O/c1-5-21-13(4)17(12(3)20-21)11(2)19-9-14-6-7-16(18)15(8-14)10-22/h6-8,11,19,22H,5,9-10H2,1-4H3. The molecule has 1 aromatic carbocycles. The monoisotopic (exact) mass is 305 g/mol. The Morgan fingerprint density at radius 2 is 2.09 bits per heavy atom. The second kappa shape index (κ2) is 7.03. The molecule has 1 atom stereocenters. The molecule has 0 amide bonds. The molecule has 0 radical (unpaired) electrons. The van der Waals surface area contributed by atoms with Gasteiger partial charge in [-0.2, -0.15) is 5.10 Å². The van der Waals surface area contributed by atoms with Crippen LogP contribution < -0.4 is 5.32 Å². The highest BCUT2D eigenvalue weighted by Gasteiger charge is 2.16. The van der Waals surface area contributed by atoms with E-state index in [-0.39, 0.29) is 18.5 Å². The molecule has 2 N–H and O–H groups in total. The van der Waals surface area contributed by atoms with Crippen LogP contribution in [0.3, 0.4) is 0 Å². The molecule has 2 rings (SSSR count). The molecule has 2 aromatic rings. The summed E-state index contributed by atoms with van der Waals surface area (Å²) in [6, 6.07) is 5.00. The molecular formula is C17H24FN3O. The van der Waals surface area contributed by atoms with E-state index in [0.717, 1.165) is 17.8 Å². The molecule has 4 nitrogen and oxygen atoms in total. The molecule has 0 aliphatic rings. The SMILES string of the molecule is CCn1nc(C)c(C(C)NCc2ccc(F)c(CO)c2)c1C. The lowest BCUT2D eigenvalue weighted by molar-refractivity contribution is 0.275. The van der Waals surface area contributed by atoms with E-state index in [2.05, 4.69) is 31.2 Å². The first-order valence-electron chi connectivity index (χ1n) is 7.63. The lowest BCUT2D eigenvalue weighted by Crippen LogP contribution is -2.19. The van der Waals surface area contributed by atoms with E-state index in [9.17, 15) is 4.39 Å². The van der Waals surface area contributed by atoms with E-state index in [4.69, 9.17) is 5.11 Å². The Balaban J connectivity index is 2.10. The number of nitrogens with one attached hydrogen (secondary N) is 1. The summed E-state index contributed by atoms with van der Waals surface area (Å²) in [5, 5.41) is 17.1. The van der Waals surface area contributed by atoms with Crippen molar-refractivity contribution in [2.45, 2.75) is 53.4 Å². The van der Waals surface area contributed by atoms with Crippen molar-refractivity contribution in [1.82, 2.24) is 15.1 Å². The van der Waals surface area contributed by atoms with Gasteiger partial charge in [0.2, 0.25) is 0 Å². The molecule has 0 aliphatic heterocycles. The molecule has 0 saturated heterocycles. The zero-order chi connectivity index (χ0) is 16.3. The Morgan fingerprint density at radius 1 is 1.36 bits per heavy atom. The molecule has 0 fully saturated rings. The number of aliphatic hydroxyl groups excluding tert-OH is 1. The number of hydrogen-bond acceptors (Lipinski definition) is 3. The van der Waals surface area contributed by atoms with Gasteiger partial charge in [-0.15, -0.1) is 0 Å². The summed E-state index contributed by atoms with van der Waals surface area (Å²) in [6.45, 7) is 9.48. The van der Waals surface area contributed by atoms with E-state index in [1.54, 1.807) is 12.1 Å². The van der Waals surface area contributed by atoms with Crippen LogP contribution in [0.1, 0.15) is 48.0 Å². The minimum atomic E-state index is -0.366. The predicted octanol–water partition coefficient (Wildman–Crippen LogP) is 3.00. The van der Waals surface area contributed by atoms with Crippen LogP contribution in [0, 0.1) is 19.7 Å². The van der Waals surface area contributed by atoms with Gasteiger partial charge in [0.25, 0.3) is 0 Å². The Labute approximate surface area is 131 Å². The smallest absolute Gasteiger partial charge is 0.128 e. The number of aryl methyl sites for hydroxylation is 2. The van der Waals surface area contributed by atoms with E-state index in [1.807, 2.05) is 11.6 Å². The van der Waals surface area contributed by atoms with Gasteiger partial charge in [0.1, 0.15) is 5.82 Å². The van der Waals surface area contributed by atoms with Gasteiger partial charge in [-0.25, -0.2) is 4.39 Å². The third-order valence-corrected chi connectivity index (χ3v) is 4.06. The van der Waals surface area contributed by atoms with Crippen LogP contribution in [0.15, 0.2) is 18.2 Å². The highest BCUT2D eigenvalue weighted by molar-refractivity contribution is 5.29. The molecule has 1 unspecified atom stereocenters. The normalized spacial score (nSPS) is 12.6. The average Bonchev–Trinajstić information content (AvgIpc) is 2.80. The lowest BCUT2D eigenvalue weighted by atomic mass is 10.1. The van der Waals surface area contributed by atoms with E-state index in [0.29, 0.717) is 12.1 Å². The summed E-state index contributed by atoms with van der Waals surface area (Å²) in [5.74, 6) is -0.366. The maximum absolute atomic E-state index is 13.4. The summed E-state index contributed by atoms with van der Waals surface area (Å²) in [6.07, 6.45) is 0. The average molecular weight is 305 g/mol. The Morgan fingerprint density at radius 3 is 2.68 bits per heavy atom. The molecular weight excluding hydrogens is 281 g/mol. The Bertz CT molecular complexity index is 652. The minimum absolute atomic E-state index is 0.155. The fourth-order valence-corrected chi connectivity index (χ4v) is 2.88. The topological polar surface area (TPSA) is 50.1 Å². The largest absolute Gasteiger partial charge is 0.392 e. The molecule has 0 spiro atoms. The van der Waals surface area contributed by atoms with Gasteiger partial charge in [-0.3, -0.25) is 4.68 Å². The van der Waals surface area contributed by atoms with Gasteiger partial charge < -0.3 is 10.4 Å². The van der Waals surface area contributed by atoms with E-state index < -0.39 is 0 Å². The van der Waals surface area contributed by atoms with Crippen molar-refractivity contribution in [2.24, 2.45) is 0 Å². The predicted molar refractivity (Wildman–Crippen MR) is 85.0 cm³/mol. The molecule has 0 saturated carbocycles. The van der Waals surface area contributed by atoms with Crippen LogP contribution in [-0.4, -0.2) is 14.9 Å². The number of aliphatic hydroxyl groups is 1. The Kier molecular flexibility index (Phi) is 5.32. The molecule has 1 aromatic heterocycles. The zero-order valence-corrected chi connectivity index (χ0v) is 13.7. The molecule has 0 bridgehead atoms. The number of halogens is 1. The lowest BCUT2D eigenvalue weighted by Gasteiger charge is -2.15. The van der Waals surface area contributed by atoms with Crippen LogP contribution in [0.2, 0.25) is 0 Å². The number of rotatable bonds is 6. The maximum atomic E-state index is 13.4.